The Labute approximate surface area is 152 Å². The number of hydrogen-bond acceptors (Lipinski definition) is 3. The summed E-state index contributed by atoms with van der Waals surface area (Å²) in [7, 11) is 0. The van der Waals surface area contributed by atoms with E-state index < -0.39 is 0 Å². The van der Waals surface area contributed by atoms with Crippen molar-refractivity contribution in [2.45, 2.75) is 39.8 Å². The molecule has 1 atom stereocenters. The Morgan fingerprint density at radius 1 is 1.12 bits per heavy atom. The van der Waals surface area contributed by atoms with Crippen LogP contribution < -0.4 is 10.9 Å². The first-order valence-electron chi connectivity index (χ1n) is 8.77. The van der Waals surface area contributed by atoms with Crippen LogP contribution in [-0.2, 0) is 11.3 Å². The maximum Gasteiger partial charge on any atom is 0.261 e. The second kappa shape index (κ2) is 7.52. The lowest BCUT2D eigenvalue weighted by Crippen LogP contribution is -2.29. The highest BCUT2D eigenvalue weighted by Gasteiger charge is 2.12. The van der Waals surface area contributed by atoms with Gasteiger partial charge < -0.3 is 5.32 Å². The monoisotopic (exact) mass is 349 g/mol. The van der Waals surface area contributed by atoms with Gasteiger partial charge in [-0.1, -0.05) is 36.4 Å². The standard InChI is InChI=1S/C21H23N3O2/c1-14-7-4-5-9-17(14)16(3)23-19(25)11-12-24-13-22-20-15(2)8-6-10-18(20)21(24)26/h4-10,13,16H,11-12H2,1-3H3,(H,23,25). The molecule has 0 fully saturated rings. The first kappa shape index (κ1) is 17.9. The molecule has 0 aliphatic carbocycles. The van der Waals surface area contributed by atoms with Crippen LogP contribution in [0.1, 0.15) is 36.1 Å². The van der Waals surface area contributed by atoms with Gasteiger partial charge in [-0.05, 0) is 43.5 Å². The molecule has 5 nitrogen and oxygen atoms in total. The van der Waals surface area contributed by atoms with Gasteiger partial charge in [-0.15, -0.1) is 0 Å². The van der Waals surface area contributed by atoms with E-state index in [0.29, 0.717) is 17.4 Å². The largest absolute Gasteiger partial charge is 0.350 e. The molecule has 1 unspecified atom stereocenters. The SMILES string of the molecule is Cc1ccccc1C(C)NC(=O)CCn1cnc2c(C)cccc2c1=O. The average Bonchev–Trinajstić information content (AvgIpc) is 2.62. The molecule has 0 radical (unpaired) electrons. The number of aryl methyl sites for hydroxylation is 3. The van der Waals surface area contributed by atoms with Crippen LogP contribution in [0, 0.1) is 13.8 Å². The van der Waals surface area contributed by atoms with Crippen LogP contribution in [-0.4, -0.2) is 15.5 Å². The summed E-state index contributed by atoms with van der Waals surface area (Å²) in [6, 6.07) is 13.5. The number of nitrogens with one attached hydrogen (secondary N) is 1. The number of aromatic nitrogens is 2. The molecular formula is C21H23N3O2. The van der Waals surface area contributed by atoms with Gasteiger partial charge in [-0.3, -0.25) is 14.2 Å². The summed E-state index contributed by atoms with van der Waals surface area (Å²) in [4.78, 5) is 29.2. The number of amides is 1. The van der Waals surface area contributed by atoms with Crippen LogP contribution in [0.15, 0.2) is 53.6 Å². The lowest BCUT2D eigenvalue weighted by molar-refractivity contribution is -0.121. The van der Waals surface area contributed by atoms with Crippen molar-refractivity contribution in [3.8, 4) is 0 Å². The highest BCUT2D eigenvalue weighted by molar-refractivity contribution is 5.80. The van der Waals surface area contributed by atoms with Gasteiger partial charge in [0.1, 0.15) is 0 Å². The van der Waals surface area contributed by atoms with E-state index in [2.05, 4.69) is 10.3 Å². The average molecular weight is 349 g/mol. The van der Waals surface area contributed by atoms with Gasteiger partial charge in [0.15, 0.2) is 0 Å². The number of para-hydroxylation sites is 1. The molecule has 0 saturated heterocycles. The van der Waals surface area contributed by atoms with Crippen molar-refractivity contribution in [1.82, 2.24) is 14.9 Å². The maximum absolute atomic E-state index is 12.6. The van der Waals surface area contributed by atoms with Crippen LogP contribution in [0.2, 0.25) is 0 Å². The lowest BCUT2D eigenvalue weighted by atomic mass is 10.0. The minimum atomic E-state index is -0.113. The van der Waals surface area contributed by atoms with Gasteiger partial charge in [-0.25, -0.2) is 4.98 Å². The second-order valence-corrected chi connectivity index (χ2v) is 6.61. The van der Waals surface area contributed by atoms with Crippen LogP contribution in [0.4, 0.5) is 0 Å². The highest BCUT2D eigenvalue weighted by Crippen LogP contribution is 2.16. The molecule has 1 aromatic heterocycles. The first-order valence-corrected chi connectivity index (χ1v) is 8.77. The van der Waals surface area contributed by atoms with E-state index in [-0.39, 0.29) is 23.9 Å². The Morgan fingerprint density at radius 3 is 2.62 bits per heavy atom. The van der Waals surface area contributed by atoms with Crippen LogP contribution >= 0.6 is 0 Å². The third-order valence-corrected chi connectivity index (χ3v) is 4.67. The lowest BCUT2D eigenvalue weighted by Gasteiger charge is -2.16. The van der Waals surface area contributed by atoms with Gasteiger partial charge in [0, 0.05) is 13.0 Å². The second-order valence-electron chi connectivity index (χ2n) is 6.61. The summed E-state index contributed by atoms with van der Waals surface area (Å²) in [6.07, 6.45) is 1.75. The van der Waals surface area contributed by atoms with Gasteiger partial charge in [0.25, 0.3) is 5.56 Å². The van der Waals surface area contributed by atoms with Gasteiger partial charge in [0.2, 0.25) is 5.91 Å². The quantitative estimate of drug-likeness (QED) is 0.769. The molecule has 1 N–H and O–H groups in total. The number of rotatable bonds is 5. The number of fused-ring (bicyclic) bond motifs is 1. The summed E-state index contributed by atoms with van der Waals surface area (Å²) in [5.74, 6) is -0.0861. The van der Waals surface area contributed by atoms with E-state index in [1.54, 1.807) is 6.07 Å². The fraction of sp³-hybridized carbons (Fsp3) is 0.286. The molecule has 0 aliphatic rings. The molecule has 1 heterocycles. The highest BCUT2D eigenvalue weighted by atomic mass is 16.2. The van der Waals surface area contributed by atoms with Gasteiger partial charge in [-0.2, -0.15) is 0 Å². The van der Waals surface area contributed by atoms with E-state index in [1.165, 1.54) is 10.9 Å². The third kappa shape index (κ3) is 3.67. The van der Waals surface area contributed by atoms with E-state index in [0.717, 1.165) is 16.7 Å². The molecule has 1 amide bonds. The molecule has 3 aromatic rings. The number of benzene rings is 2. The first-order chi connectivity index (χ1) is 12.5. The van der Waals surface area contributed by atoms with Crippen LogP contribution in [0.5, 0.6) is 0 Å². The topological polar surface area (TPSA) is 64.0 Å². The van der Waals surface area contributed by atoms with Gasteiger partial charge in [0.05, 0.1) is 23.3 Å². The molecule has 3 rings (SSSR count). The minimum Gasteiger partial charge on any atom is -0.350 e. The molecule has 5 heteroatoms. The number of carbonyl (C=O) groups is 1. The number of hydrogen-bond donors (Lipinski definition) is 1. The fourth-order valence-corrected chi connectivity index (χ4v) is 3.18. The zero-order valence-electron chi connectivity index (χ0n) is 15.3. The summed E-state index contributed by atoms with van der Waals surface area (Å²) in [5, 5.41) is 3.58. The Kier molecular flexibility index (Phi) is 5.16. The molecule has 0 bridgehead atoms. The predicted octanol–water partition coefficient (Wildman–Crippen LogP) is 3.28. The zero-order chi connectivity index (χ0) is 18.7. The molecule has 26 heavy (non-hydrogen) atoms. The summed E-state index contributed by atoms with van der Waals surface area (Å²) < 4.78 is 1.50. The van der Waals surface area contributed by atoms with Gasteiger partial charge >= 0.3 is 0 Å². The molecule has 0 saturated carbocycles. The Morgan fingerprint density at radius 2 is 1.85 bits per heavy atom. The van der Waals surface area contributed by atoms with E-state index in [1.807, 2.05) is 57.2 Å². The smallest absolute Gasteiger partial charge is 0.261 e. The van der Waals surface area contributed by atoms with Crippen molar-refractivity contribution in [3.63, 3.8) is 0 Å². The minimum absolute atomic E-state index is 0.0715. The van der Waals surface area contributed by atoms with Crippen molar-refractivity contribution in [3.05, 3.63) is 75.8 Å². The molecule has 0 aliphatic heterocycles. The van der Waals surface area contributed by atoms with Crippen molar-refractivity contribution >= 4 is 16.8 Å². The van der Waals surface area contributed by atoms with Crippen molar-refractivity contribution in [2.75, 3.05) is 0 Å². The molecular weight excluding hydrogens is 326 g/mol. The number of carbonyl (C=O) groups excluding carboxylic acids is 1. The molecule has 134 valence electrons. The summed E-state index contributed by atoms with van der Waals surface area (Å²) in [5.41, 5.74) is 3.81. The predicted molar refractivity (Wildman–Crippen MR) is 103 cm³/mol. The van der Waals surface area contributed by atoms with E-state index >= 15 is 0 Å². The van der Waals surface area contributed by atoms with Crippen molar-refractivity contribution < 1.29 is 4.79 Å². The summed E-state index contributed by atoms with van der Waals surface area (Å²) in [6.45, 7) is 6.23. The van der Waals surface area contributed by atoms with Crippen molar-refractivity contribution in [2.24, 2.45) is 0 Å². The maximum atomic E-state index is 12.6. The Bertz CT molecular complexity index is 1010. The van der Waals surface area contributed by atoms with E-state index in [9.17, 15) is 9.59 Å². The van der Waals surface area contributed by atoms with Crippen LogP contribution in [0.3, 0.4) is 0 Å². The zero-order valence-corrected chi connectivity index (χ0v) is 15.3. The Hall–Kier alpha value is -2.95. The third-order valence-electron chi connectivity index (χ3n) is 4.67. The molecule has 2 aromatic carbocycles. The van der Waals surface area contributed by atoms with Crippen molar-refractivity contribution in [1.29, 1.82) is 0 Å². The normalized spacial score (nSPS) is 12.1. The number of nitrogens with zero attached hydrogens (tertiary/aromatic N) is 2. The molecule has 0 spiro atoms. The van der Waals surface area contributed by atoms with E-state index in [4.69, 9.17) is 0 Å². The summed E-state index contributed by atoms with van der Waals surface area (Å²) >= 11 is 0. The van der Waals surface area contributed by atoms with Crippen LogP contribution in [0.25, 0.3) is 10.9 Å². The fourth-order valence-electron chi connectivity index (χ4n) is 3.18. The Balaban J connectivity index is 1.68.